The van der Waals surface area contributed by atoms with Gasteiger partial charge in [0.2, 0.25) is 0 Å². The van der Waals surface area contributed by atoms with Crippen LogP contribution in [0, 0.1) is 0 Å². The van der Waals surface area contributed by atoms with Crippen LogP contribution in [-0.4, -0.2) is 33.0 Å². The number of fused-ring (bicyclic) bond motifs is 3. The van der Waals surface area contributed by atoms with Gasteiger partial charge in [-0.2, -0.15) is 0 Å². The molecule has 0 aliphatic rings. The van der Waals surface area contributed by atoms with Crippen molar-refractivity contribution >= 4 is 32.2 Å². The molecule has 10 nitrogen and oxygen atoms in total. The Morgan fingerprint density at radius 1 is 0.750 bits per heavy atom. The van der Waals surface area contributed by atoms with Gasteiger partial charge >= 0.3 is 17.1 Å². The first-order chi connectivity index (χ1) is 8.95. The van der Waals surface area contributed by atoms with E-state index in [1.165, 1.54) is 0 Å². The van der Waals surface area contributed by atoms with Gasteiger partial charge in [0.15, 0.2) is 0 Å². The Hall–Kier alpha value is -1.73. The molecule has 2 heterocycles. The number of pyridine rings is 2. The topological polar surface area (TPSA) is 237 Å². The van der Waals surface area contributed by atoms with Gasteiger partial charge in [0.1, 0.15) is 0 Å². The van der Waals surface area contributed by atoms with Gasteiger partial charge in [0.25, 0.3) is 0 Å². The maximum Gasteiger partial charge on any atom is 2.00 e. The van der Waals surface area contributed by atoms with Crippen molar-refractivity contribution in [1.82, 2.24) is 9.97 Å². The molecule has 1 aromatic carbocycles. The average molecular weight is 415 g/mol. The standard InChI is InChI=1S/C12H8N2.Cu.H2O4S.4H2O/c1-3-9-5-6-10-4-2-8-14-12(10)11(9)13-7-1;;1-5(2,3)4;;;;/h1-8H;;(H2,1,2,3,4);4*1H2/q;+2;;;;;/p+1. The van der Waals surface area contributed by atoms with E-state index in [4.69, 9.17) is 17.5 Å². The third kappa shape index (κ3) is 8.79. The van der Waals surface area contributed by atoms with E-state index in [1.807, 2.05) is 12.1 Å². The molecule has 3 rings (SSSR count). The summed E-state index contributed by atoms with van der Waals surface area (Å²) in [6.45, 7) is 0. The fraction of sp³-hybridized carbons (Fsp3) is 0. The number of rotatable bonds is 0. The SMILES string of the molecule is O.O=S(=O)([O-])[O-].[Cu+2].[OH3+].[OH3+].[OH3+].c1cnc2c(c1)ccc1cccnc12. The first-order valence-electron chi connectivity index (χ1n) is 5.20. The minimum absolute atomic E-state index is 0. The van der Waals surface area contributed by atoms with Crippen molar-refractivity contribution in [1.29, 1.82) is 0 Å². The Morgan fingerprint density at radius 3 is 1.33 bits per heavy atom. The quantitative estimate of drug-likeness (QED) is 0.130. The molecule has 11 N–H and O–H groups in total. The maximum absolute atomic E-state index is 8.52. The van der Waals surface area contributed by atoms with Gasteiger partial charge in [-0.1, -0.05) is 24.3 Å². The molecule has 0 aliphatic heterocycles. The van der Waals surface area contributed by atoms with E-state index in [-0.39, 0.29) is 39.0 Å². The predicted molar refractivity (Wildman–Crippen MR) is 85.7 cm³/mol. The molecule has 0 aliphatic carbocycles. The average Bonchev–Trinajstić information content (AvgIpc) is 2.37. The van der Waals surface area contributed by atoms with Crippen molar-refractivity contribution in [2.75, 3.05) is 0 Å². The Balaban J connectivity index is -0.000000181. The Kier molecular flexibility index (Phi) is 15.9. The summed E-state index contributed by atoms with van der Waals surface area (Å²) < 4.78 is 34.1. The minimum atomic E-state index is -5.17. The molecule has 0 saturated heterocycles. The van der Waals surface area contributed by atoms with Crippen molar-refractivity contribution in [3.63, 3.8) is 0 Å². The second kappa shape index (κ2) is 12.7. The van der Waals surface area contributed by atoms with E-state index in [2.05, 4.69) is 34.2 Å². The zero-order valence-corrected chi connectivity index (χ0v) is 13.8. The van der Waals surface area contributed by atoms with E-state index in [1.54, 1.807) is 12.4 Å². The summed E-state index contributed by atoms with van der Waals surface area (Å²) in [5.41, 5.74) is 1.95. The third-order valence-corrected chi connectivity index (χ3v) is 2.34. The van der Waals surface area contributed by atoms with Gasteiger partial charge in [-0.15, -0.1) is 0 Å². The number of hydrogen-bond acceptors (Lipinski definition) is 6. The Morgan fingerprint density at radius 2 is 1.04 bits per heavy atom. The molecule has 0 atom stereocenters. The van der Waals surface area contributed by atoms with Crippen LogP contribution in [0.5, 0.6) is 0 Å². The molecule has 12 heteroatoms. The van der Waals surface area contributed by atoms with Gasteiger partial charge in [0, 0.05) is 33.6 Å². The van der Waals surface area contributed by atoms with E-state index < -0.39 is 10.4 Å². The van der Waals surface area contributed by atoms with Crippen molar-refractivity contribution in [2.24, 2.45) is 0 Å². The van der Waals surface area contributed by atoms with Crippen LogP contribution < -0.4 is 0 Å². The zero-order valence-electron chi connectivity index (χ0n) is 12.1. The van der Waals surface area contributed by atoms with Gasteiger partial charge in [-0.05, 0) is 12.1 Å². The molecule has 0 spiro atoms. The summed E-state index contributed by atoms with van der Waals surface area (Å²) in [5, 5.41) is 2.28. The summed E-state index contributed by atoms with van der Waals surface area (Å²) in [7, 11) is -5.17. The third-order valence-electron chi connectivity index (χ3n) is 2.34. The smallest absolute Gasteiger partial charge is 0.759 e. The van der Waals surface area contributed by atoms with E-state index in [0.717, 1.165) is 21.8 Å². The van der Waals surface area contributed by atoms with Crippen LogP contribution in [0.1, 0.15) is 0 Å². The molecule has 0 saturated carbocycles. The predicted octanol–water partition coefficient (Wildman–Crippen LogP) is -2.15. The first-order valence-corrected chi connectivity index (χ1v) is 6.53. The van der Waals surface area contributed by atoms with Gasteiger partial charge < -0.3 is 31.0 Å². The fourth-order valence-electron chi connectivity index (χ4n) is 1.68. The van der Waals surface area contributed by atoms with Crippen LogP contribution in [0.4, 0.5) is 0 Å². The van der Waals surface area contributed by atoms with E-state index in [9.17, 15) is 0 Å². The number of nitrogens with zero attached hydrogens (tertiary/aromatic N) is 2. The van der Waals surface area contributed by atoms with E-state index in [0.29, 0.717) is 0 Å². The number of aromatic nitrogens is 2. The maximum atomic E-state index is 8.52. The largest absolute Gasteiger partial charge is 2.00 e. The normalized spacial score (nSPS) is 8.75. The molecule has 24 heavy (non-hydrogen) atoms. The Labute approximate surface area is 147 Å². The molecule has 139 valence electrons. The van der Waals surface area contributed by atoms with Crippen molar-refractivity contribution in [3.05, 3.63) is 48.8 Å². The van der Waals surface area contributed by atoms with Crippen LogP contribution >= 0.6 is 0 Å². The minimum Gasteiger partial charge on any atom is -0.759 e. The second-order valence-corrected chi connectivity index (χ2v) is 4.44. The number of benzene rings is 1. The summed E-state index contributed by atoms with van der Waals surface area (Å²) in [6.07, 6.45) is 3.60. The van der Waals surface area contributed by atoms with Crippen molar-refractivity contribution in [3.8, 4) is 0 Å². The first kappa shape index (κ1) is 30.2. The number of hydrogen-bond donors (Lipinski definition) is 0. The second-order valence-electron chi connectivity index (χ2n) is 3.62. The summed E-state index contributed by atoms with van der Waals surface area (Å²) >= 11 is 0. The summed E-state index contributed by atoms with van der Waals surface area (Å²) in [5.74, 6) is 0. The van der Waals surface area contributed by atoms with Crippen LogP contribution in [0.25, 0.3) is 21.8 Å². The molecule has 1 radical (unpaired) electrons. The van der Waals surface area contributed by atoms with Crippen LogP contribution in [0.2, 0.25) is 0 Å². The van der Waals surface area contributed by atoms with Crippen LogP contribution in [0.15, 0.2) is 48.8 Å². The summed E-state index contributed by atoms with van der Waals surface area (Å²) in [6, 6.07) is 12.1. The monoisotopic (exact) mass is 414 g/mol. The molecule has 0 unspecified atom stereocenters. The van der Waals surface area contributed by atoms with E-state index >= 15 is 0 Å². The Bertz CT molecular complexity index is 769. The van der Waals surface area contributed by atoms with Gasteiger partial charge in [0.05, 0.1) is 11.0 Å². The molecular formula is C12H19CuN2O8S+3. The zero-order chi connectivity index (χ0) is 13.9. The molecule has 0 fully saturated rings. The van der Waals surface area contributed by atoms with Crippen molar-refractivity contribution in [2.45, 2.75) is 0 Å². The molecule has 3 aromatic rings. The summed E-state index contributed by atoms with van der Waals surface area (Å²) in [4.78, 5) is 8.69. The molecule has 0 bridgehead atoms. The van der Waals surface area contributed by atoms with Crippen LogP contribution in [0.3, 0.4) is 0 Å². The van der Waals surface area contributed by atoms with Gasteiger partial charge in [-0.3, -0.25) is 18.4 Å². The van der Waals surface area contributed by atoms with Gasteiger partial charge in [-0.25, -0.2) is 0 Å². The molecule has 2 aromatic heterocycles. The van der Waals surface area contributed by atoms with Crippen molar-refractivity contribution < 1.29 is 56.5 Å². The fourth-order valence-corrected chi connectivity index (χ4v) is 1.68. The van der Waals surface area contributed by atoms with Crippen LogP contribution in [-0.2, 0) is 43.9 Å². The molecular weight excluding hydrogens is 396 g/mol. The molecule has 0 amide bonds.